The molecule has 0 fully saturated rings. The molecule has 36 heavy (non-hydrogen) atoms. The number of pyridine rings is 1. The third kappa shape index (κ3) is 4.65. The van der Waals surface area contributed by atoms with Crippen LogP contribution in [-0.4, -0.2) is 33.0 Å². The number of ether oxygens (including phenoxy) is 1. The summed E-state index contributed by atoms with van der Waals surface area (Å²) in [6.07, 6.45) is 1.81. The lowest BCUT2D eigenvalue weighted by Crippen LogP contribution is -2.10. The molecule has 0 aliphatic carbocycles. The first kappa shape index (κ1) is 23.9. The number of carbonyl (C=O) groups is 1. The SMILES string of the molecule is COc1ccc2cc(-c3cc(-c4cc(Cl)cc(Cl)c4)nn3[C@@H](C)c3ccc(C(=O)O)cc3)cnc2c1. The topological polar surface area (TPSA) is 77.2 Å². The molecule has 0 unspecified atom stereocenters. The van der Waals surface area contributed by atoms with Crippen molar-refractivity contribution in [3.05, 3.63) is 100 Å². The normalized spacial score (nSPS) is 12.0. The van der Waals surface area contributed by atoms with Gasteiger partial charge in [0, 0.05) is 38.8 Å². The van der Waals surface area contributed by atoms with Gasteiger partial charge < -0.3 is 9.84 Å². The highest BCUT2D eigenvalue weighted by atomic mass is 35.5. The molecule has 2 aromatic heterocycles. The van der Waals surface area contributed by atoms with Crippen molar-refractivity contribution in [3.8, 4) is 28.3 Å². The first-order valence-corrected chi connectivity index (χ1v) is 11.9. The Morgan fingerprint density at radius 3 is 2.33 bits per heavy atom. The van der Waals surface area contributed by atoms with E-state index >= 15 is 0 Å². The predicted octanol–water partition coefficient (Wildman–Crippen LogP) is 7.39. The van der Waals surface area contributed by atoms with Crippen LogP contribution in [0.3, 0.4) is 0 Å². The fraction of sp³-hybridized carbons (Fsp3) is 0.107. The Morgan fingerprint density at radius 1 is 0.944 bits per heavy atom. The molecule has 5 aromatic rings. The summed E-state index contributed by atoms with van der Waals surface area (Å²) in [6, 6.07) is 21.7. The van der Waals surface area contributed by atoms with Crippen LogP contribution < -0.4 is 4.74 Å². The Hall–Kier alpha value is -3.87. The lowest BCUT2D eigenvalue weighted by Gasteiger charge is -2.17. The summed E-state index contributed by atoms with van der Waals surface area (Å²) in [5, 5.41) is 16.2. The van der Waals surface area contributed by atoms with Gasteiger partial charge in [-0.25, -0.2) is 4.79 Å². The Kier molecular flexibility index (Phi) is 6.39. The van der Waals surface area contributed by atoms with Gasteiger partial charge in [0.05, 0.1) is 35.6 Å². The minimum atomic E-state index is -0.965. The highest BCUT2D eigenvalue weighted by Gasteiger charge is 2.19. The molecule has 1 N–H and O–H groups in total. The number of halogens is 2. The zero-order chi connectivity index (χ0) is 25.4. The second-order valence-electron chi connectivity index (χ2n) is 8.40. The van der Waals surface area contributed by atoms with Crippen molar-refractivity contribution < 1.29 is 14.6 Å². The van der Waals surface area contributed by atoms with Gasteiger partial charge in [0.25, 0.3) is 0 Å². The van der Waals surface area contributed by atoms with Crippen LogP contribution in [-0.2, 0) is 0 Å². The van der Waals surface area contributed by atoms with Gasteiger partial charge in [0.15, 0.2) is 0 Å². The number of methoxy groups -OCH3 is 1. The summed E-state index contributed by atoms with van der Waals surface area (Å²) < 4.78 is 7.23. The van der Waals surface area contributed by atoms with E-state index in [0.717, 1.165) is 39.0 Å². The molecule has 6 nitrogen and oxygen atoms in total. The van der Waals surface area contributed by atoms with E-state index in [-0.39, 0.29) is 11.6 Å². The van der Waals surface area contributed by atoms with Gasteiger partial charge in [-0.1, -0.05) is 35.3 Å². The van der Waals surface area contributed by atoms with Crippen LogP contribution in [0.4, 0.5) is 0 Å². The molecule has 0 radical (unpaired) electrons. The van der Waals surface area contributed by atoms with E-state index in [1.54, 1.807) is 37.4 Å². The van der Waals surface area contributed by atoms with E-state index < -0.39 is 5.97 Å². The smallest absolute Gasteiger partial charge is 0.335 e. The minimum absolute atomic E-state index is 0.196. The lowest BCUT2D eigenvalue weighted by molar-refractivity contribution is 0.0697. The van der Waals surface area contributed by atoms with Gasteiger partial charge in [-0.05, 0) is 67.1 Å². The molecule has 8 heteroatoms. The minimum Gasteiger partial charge on any atom is -0.497 e. The largest absolute Gasteiger partial charge is 0.497 e. The monoisotopic (exact) mass is 517 g/mol. The molecule has 180 valence electrons. The molecular formula is C28H21Cl2N3O3. The molecule has 0 aliphatic rings. The average Bonchev–Trinajstić information content (AvgIpc) is 3.33. The summed E-state index contributed by atoms with van der Waals surface area (Å²) >= 11 is 12.5. The second kappa shape index (κ2) is 9.64. The zero-order valence-corrected chi connectivity index (χ0v) is 21.0. The molecule has 0 bridgehead atoms. The van der Waals surface area contributed by atoms with Crippen LogP contribution >= 0.6 is 23.2 Å². The van der Waals surface area contributed by atoms with Crippen molar-refractivity contribution in [1.82, 2.24) is 14.8 Å². The van der Waals surface area contributed by atoms with Crippen molar-refractivity contribution in [2.24, 2.45) is 0 Å². The second-order valence-corrected chi connectivity index (χ2v) is 9.28. The molecular weight excluding hydrogens is 497 g/mol. The summed E-state index contributed by atoms with van der Waals surface area (Å²) in [4.78, 5) is 16.0. The average molecular weight is 518 g/mol. The number of benzene rings is 3. The van der Waals surface area contributed by atoms with E-state index in [2.05, 4.69) is 11.1 Å². The summed E-state index contributed by atoms with van der Waals surface area (Å²) in [7, 11) is 1.63. The maximum atomic E-state index is 11.3. The van der Waals surface area contributed by atoms with Crippen molar-refractivity contribution in [3.63, 3.8) is 0 Å². The first-order chi connectivity index (χ1) is 17.3. The van der Waals surface area contributed by atoms with Crippen molar-refractivity contribution >= 4 is 40.1 Å². The molecule has 0 amide bonds. The Morgan fingerprint density at radius 2 is 1.67 bits per heavy atom. The van der Waals surface area contributed by atoms with Crippen LogP contribution in [0.5, 0.6) is 5.75 Å². The van der Waals surface area contributed by atoms with E-state index in [9.17, 15) is 9.90 Å². The van der Waals surface area contributed by atoms with Gasteiger partial charge in [-0.2, -0.15) is 5.10 Å². The Balaban J connectivity index is 1.65. The van der Waals surface area contributed by atoms with Crippen LogP contribution in [0.2, 0.25) is 10.0 Å². The molecule has 0 aliphatic heterocycles. The van der Waals surface area contributed by atoms with Crippen molar-refractivity contribution in [2.75, 3.05) is 7.11 Å². The number of nitrogens with zero attached hydrogens (tertiary/aromatic N) is 3. The van der Waals surface area contributed by atoms with E-state index in [4.69, 9.17) is 33.0 Å². The molecule has 3 aromatic carbocycles. The standard InChI is InChI=1S/C28H21Cl2N3O3/c1-16(17-3-5-18(6-4-17)28(34)35)33-27(14-26(32-33)20-10-22(29)12-23(30)11-20)21-9-19-7-8-24(36-2)13-25(19)31-15-21/h3-16H,1-2H3,(H,34,35)/t16-/m0/s1. The molecule has 0 saturated carbocycles. The maximum absolute atomic E-state index is 11.3. The summed E-state index contributed by atoms with van der Waals surface area (Å²) in [5.41, 5.74) is 5.20. The summed E-state index contributed by atoms with van der Waals surface area (Å²) in [6.45, 7) is 2.01. The fourth-order valence-electron chi connectivity index (χ4n) is 4.16. The number of rotatable bonds is 6. The van der Waals surface area contributed by atoms with E-state index in [1.165, 1.54) is 0 Å². The van der Waals surface area contributed by atoms with Gasteiger partial charge in [0.2, 0.25) is 0 Å². The Bertz CT molecular complexity index is 1580. The van der Waals surface area contributed by atoms with Gasteiger partial charge in [-0.15, -0.1) is 0 Å². The molecule has 0 spiro atoms. The molecule has 2 heterocycles. The Labute approximate surface area is 217 Å². The predicted molar refractivity (Wildman–Crippen MR) is 142 cm³/mol. The first-order valence-electron chi connectivity index (χ1n) is 11.2. The number of fused-ring (bicyclic) bond motifs is 1. The highest BCUT2D eigenvalue weighted by Crippen LogP contribution is 2.34. The number of aromatic nitrogens is 3. The fourth-order valence-corrected chi connectivity index (χ4v) is 4.69. The number of hydrogen-bond acceptors (Lipinski definition) is 4. The highest BCUT2D eigenvalue weighted by molar-refractivity contribution is 6.35. The van der Waals surface area contributed by atoms with Crippen LogP contribution in [0.15, 0.2) is 79.0 Å². The zero-order valence-electron chi connectivity index (χ0n) is 19.4. The quantitative estimate of drug-likeness (QED) is 0.254. The number of carboxylic acids is 1. The number of carboxylic acid groups (broad SMARTS) is 1. The van der Waals surface area contributed by atoms with Gasteiger partial charge >= 0.3 is 5.97 Å². The lowest BCUT2D eigenvalue weighted by atomic mass is 10.0. The van der Waals surface area contributed by atoms with Gasteiger partial charge in [0.1, 0.15) is 5.75 Å². The molecule has 5 rings (SSSR count). The maximum Gasteiger partial charge on any atom is 0.335 e. The van der Waals surface area contributed by atoms with Gasteiger partial charge in [-0.3, -0.25) is 9.67 Å². The van der Waals surface area contributed by atoms with Crippen LogP contribution in [0, 0.1) is 0 Å². The number of hydrogen-bond donors (Lipinski definition) is 1. The van der Waals surface area contributed by atoms with Crippen molar-refractivity contribution in [1.29, 1.82) is 0 Å². The van der Waals surface area contributed by atoms with Crippen LogP contribution in [0.1, 0.15) is 28.9 Å². The third-order valence-electron chi connectivity index (χ3n) is 6.09. The third-order valence-corrected chi connectivity index (χ3v) is 6.52. The van der Waals surface area contributed by atoms with Crippen LogP contribution in [0.25, 0.3) is 33.4 Å². The van der Waals surface area contributed by atoms with E-state index in [0.29, 0.717) is 15.7 Å². The number of aromatic carboxylic acids is 1. The van der Waals surface area contributed by atoms with E-state index in [1.807, 2.05) is 54.2 Å². The molecule has 1 atom stereocenters. The molecule has 0 saturated heterocycles. The van der Waals surface area contributed by atoms with Crippen molar-refractivity contribution in [2.45, 2.75) is 13.0 Å². The summed E-state index contributed by atoms with van der Waals surface area (Å²) in [5.74, 6) is -0.223.